The minimum atomic E-state index is 0.0321. The highest BCUT2D eigenvalue weighted by molar-refractivity contribution is 4.88. The summed E-state index contributed by atoms with van der Waals surface area (Å²) >= 11 is 0. The van der Waals surface area contributed by atoms with E-state index in [0.717, 1.165) is 0 Å². The molecule has 2 aliphatic carbocycles. The Balaban J connectivity index is 1.87. The lowest BCUT2D eigenvalue weighted by Crippen LogP contribution is -2.46. The molecule has 100 valence electrons. The summed E-state index contributed by atoms with van der Waals surface area (Å²) in [5.74, 6) is 0. The van der Waals surface area contributed by atoms with Crippen molar-refractivity contribution in [3.8, 4) is 0 Å². The van der Waals surface area contributed by atoms with Crippen molar-refractivity contribution in [2.75, 3.05) is 6.54 Å². The van der Waals surface area contributed by atoms with Gasteiger partial charge in [-0.3, -0.25) is 0 Å². The molecule has 2 fully saturated rings. The Morgan fingerprint density at radius 3 is 2.12 bits per heavy atom. The summed E-state index contributed by atoms with van der Waals surface area (Å²) in [5.41, 5.74) is 6.55. The van der Waals surface area contributed by atoms with Crippen molar-refractivity contribution < 1.29 is 4.74 Å². The molecule has 0 amide bonds. The van der Waals surface area contributed by atoms with Gasteiger partial charge in [0.2, 0.25) is 0 Å². The van der Waals surface area contributed by atoms with Gasteiger partial charge in [0.15, 0.2) is 0 Å². The van der Waals surface area contributed by atoms with E-state index in [2.05, 4.69) is 13.8 Å². The largest absolute Gasteiger partial charge is 0.370 e. The summed E-state index contributed by atoms with van der Waals surface area (Å²) in [4.78, 5) is 0. The summed E-state index contributed by atoms with van der Waals surface area (Å²) in [6, 6.07) is 0. The fraction of sp³-hybridized carbons (Fsp3) is 1.00. The fourth-order valence-corrected chi connectivity index (χ4v) is 3.41. The molecule has 2 nitrogen and oxygen atoms in total. The third-order valence-electron chi connectivity index (χ3n) is 4.84. The van der Waals surface area contributed by atoms with E-state index in [1.165, 1.54) is 57.8 Å². The number of ether oxygens (including phenoxy) is 1. The van der Waals surface area contributed by atoms with Crippen molar-refractivity contribution in [2.24, 2.45) is 11.1 Å². The van der Waals surface area contributed by atoms with Gasteiger partial charge in [-0.25, -0.2) is 0 Å². The molecule has 0 saturated heterocycles. The Morgan fingerprint density at radius 1 is 1.00 bits per heavy atom. The van der Waals surface area contributed by atoms with Gasteiger partial charge in [0.1, 0.15) is 0 Å². The van der Waals surface area contributed by atoms with Crippen LogP contribution < -0.4 is 5.73 Å². The van der Waals surface area contributed by atoms with Crippen LogP contribution in [0.25, 0.3) is 0 Å². The number of hydrogen-bond acceptors (Lipinski definition) is 2. The van der Waals surface area contributed by atoms with Crippen LogP contribution in [-0.2, 0) is 4.74 Å². The number of nitrogens with two attached hydrogens (primary N) is 1. The summed E-state index contributed by atoms with van der Waals surface area (Å²) in [7, 11) is 0. The SMILES string of the molecule is CC1(C)CCC(OC2(CN)CCCCC2)CC1. The van der Waals surface area contributed by atoms with Crippen LogP contribution in [0, 0.1) is 5.41 Å². The quantitative estimate of drug-likeness (QED) is 0.816. The minimum Gasteiger partial charge on any atom is -0.370 e. The molecular weight excluding hydrogens is 210 g/mol. The summed E-state index contributed by atoms with van der Waals surface area (Å²) in [6.07, 6.45) is 11.9. The van der Waals surface area contributed by atoms with Crippen molar-refractivity contribution in [3.63, 3.8) is 0 Å². The van der Waals surface area contributed by atoms with E-state index in [9.17, 15) is 0 Å². The standard InChI is InChI=1S/C15H29NO/c1-14(2)10-6-13(7-11-14)17-15(12-16)8-4-3-5-9-15/h13H,3-12,16H2,1-2H3. The molecule has 2 N–H and O–H groups in total. The van der Waals surface area contributed by atoms with E-state index in [-0.39, 0.29) is 5.60 Å². The molecule has 0 aliphatic heterocycles. The highest BCUT2D eigenvalue weighted by Gasteiger charge is 2.36. The third kappa shape index (κ3) is 3.45. The summed E-state index contributed by atoms with van der Waals surface area (Å²) < 4.78 is 6.44. The van der Waals surface area contributed by atoms with Crippen LogP contribution in [0.4, 0.5) is 0 Å². The molecule has 2 rings (SSSR count). The van der Waals surface area contributed by atoms with Crippen LogP contribution in [-0.4, -0.2) is 18.2 Å². The second-order valence-electron chi connectivity index (χ2n) is 6.93. The maximum Gasteiger partial charge on any atom is 0.0807 e. The molecule has 0 aromatic heterocycles. The Morgan fingerprint density at radius 2 is 1.59 bits per heavy atom. The van der Waals surface area contributed by atoms with Crippen LogP contribution >= 0.6 is 0 Å². The monoisotopic (exact) mass is 239 g/mol. The van der Waals surface area contributed by atoms with Gasteiger partial charge in [-0.2, -0.15) is 0 Å². The van der Waals surface area contributed by atoms with Gasteiger partial charge in [0.05, 0.1) is 11.7 Å². The predicted molar refractivity (Wildman–Crippen MR) is 72.0 cm³/mol. The summed E-state index contributed by atoms with van der Waals surface area (Å²) in [5, 5.41) is 0. The number of hydrogen-bond donors (Lipinski definition) is 1. The van der Waals surface area contributed by atoms with Gasteiger partial charge in [0, 0.05) is 6.54 Å². The fourth-order valence-electron chi connectivity index (χ4n) is 3.41. The van der Waals surface area contributed by atoms with Crippen molar-refractivity contribution in [3.05, 3.63) is 0 Å². The Bertz CT molecular complexity index is 233. The van der Waals surface area contributed by atoms with E-state index in [1.54, 1.807) is 0 Å². The van der Waals surface area contributed by atoms with Crippen molar-refractivity contribution in [1.82, 2.24) is 0 Å². The van der Waals surface area contributed by atoms with Crippen molar-refractivity contribution in [2.45, 2.75) is 83.3 Å². The molecular formula is C15H29NO. The molecule has 17 heavy (non-hydrogen) atoms. The predicted octanol–water partition coefficient (Wildman–Crippen LogP) is 3.63. The van der Waals surface area contributed by atoms with E-state index in [0.29, 0.717) is 18.1 Å². The minimum absolute atomic E-state index is 0.0321. The maximum atomic E-state index is 6.44. The molecule has 2 heteroatoms. The first-order valence-corrected chi connectivity index (χ1v) is 7.43. The molecule has 0 aromatic carbocycles. The molecule has 0 bridgehead atoms. The Kier molecular flexibility index (Phi) is 4.14. The van der Waals surface area contributed by atoms with Crippen molar-refractivity contribution >= 4 is 0 Å². The zero-order valence-corrected chi connectivity index (χ0v) is 11.6. The molecule has 0 aromatic rings. The van der Waals surface area contributed by atoms with Crippen LogP contribution in [0.15, 0.2) is 0 Å². The van der Waals surface area contributed by atoms with Crippen LogP contribution in [0.2, 0.25) is 0 Å². The first-order chi connectivity index (χ1) is 8.05. The van der Waals surface area contributed by atoms with Gasteiger partial charge in [-0.1, -0.05) is 33.1 Å². The maximum absolute atomic E-state index is 6.44. The molecule has 0 unspecified atom stereocenters. The van der Waals surface area contributed by atoms with E-state index in [4.69, 9.17) is 10.5 Å². The van der Waals surface area contributed by atoms with Crippen LogP contribution in [0.5, 0.6) is 0 Å². The molecule has 0 radical (unpaired) electrons. The molecule has 2 saturated carbocycles. The first kappa shape index (κ1) is 13.4. The second-order valence-corrected chi connectivity index (χ2v) is 6.93. The van der Waals surface area contributed by atoms with Gasteiger partial charge in [-0.15, -0.1) is 0 Å². The molecule has 0 atom stereocenters. The molecule has 0 heterocycles. The van der Waals surface area contributed by atoms with E-state index < -0.39 is 0 Å². The second kappa shape index (κ2) is 5.27. The zero-order chi connectivity index (χ0) is 12.4. The molecule has 2 aliphatic rings. The lowest BCUT2D eigenvalue weighted by atomic mass is 9.76. The lowest BCUT2D eigenvalue weighted by molar-refractivity contribution is -0.125. The van der Waals surface area contributed by atoms with Gasteiger partial charge >= 0.3 is 0 Å². The highest BCUT2D eigenvalue weighted by atomic mass is 16.5. The molecule has 0 spiro atoms. The van der Waals surface area contributed by atoms with E-state index in [1.807, 2.05) is 0 Å². The van der Waals surface area contributed by atoms with Gasteiger partial charge in [0.25, 0.3) is 0 Å². The Labute approximate surface area is 106 Å². The first-order valence-electron chi connectivity index (χ1n) is 7.43. The third-order valence-corrected chi connectivity index (χ3v) is 4.84. The topological polar surface area (TPSA) is 35.2 Å². The van der Waals surface area contributed by atoms with Crippen LogP contribution in [0.1, 0.15) is 71.6 Å². The van der Waals surface area contributed by atoms with Crippen LogP contribution in [0.3, 0.4) is 0 Å². The van der Waals surface area contributed by atoms with Gasteiger partial charge < -0.3 is 10.5 Å². The van der Waals surface area contributed by atoms with E-state index >= 15 is 0 Å². The number of rotatable bonds is 3. The lowest BCUT2D eigenvalue weighted by Gasteiger charge is -2.42. The zero-order valence-electron chi connectivity index (χ0n) is 11.6. The Hall–Kier alpha value is -0.0800. The average molecular weight is 239 g/mol. The summed E-state index contributed by atoms with van der Waals surface area (Å²) in [6.45, 7) is 5.47. The highest BCUT2D eigenvalue weighted by Crippen LogP contribution is 2.40. The van der Waals surface area contributed by atoms with Crippen molar-refractivity contribution in [1.29, 1.82) is 0 Å². The van der Waals surface area contributed by atoms with Gasteiger partial charge in [-0.05, 0) is 43.9 Å². The normalized spacial score (nSPS) is 29.1. The smallest absolute Gasteiger partial charge is 0.0807 e. The average Bonchev–Trinajstić information content (AvgIpc) is 2.33.